The first kappa shape index (κ1) is 17.8. The molecule has 0 aliphatic carbocycles. The molecule has 26 heavy (non-hydrogen) atoms. The molecule has 0 aliphatic heterocycles. The largest absolute Gasteiger partial charge is 0.457 e. The van der Waals surface area contributed by atoms with Crippen LogP contribution in [0.25, 0.3) is 0 Å². The quantitative estimate of drug-likeness (QED) is 0.574. The van der Waals surface area contributed by atoms with Crippen molar-refractivity contribution in [2.24, 2.45) is 0 Å². The average molecular weight is 367 g/mol. The molecule has 0 bridgehead atoms. The van der Waals surface area contributed by atoms with Crippen molar-refractivity contribution in [1.82, 2.24) is 0 Å². The van der Waals surface area contributed by atoms with Crippen molar-refractivity contribution in [3.63, 3.8) is 0 Å². The van der Waals surface area contributed by atoms with E-state index >= 15 is 0 Å². The second kappa shape index (κ2) is 8.92. The smallest absolute Gasteiger partial charge is 0.226 e. The summed E-state index contributed by atoms with van der Waals surface area (Å²) in [4.78, 5) is 12.0. The fourth-order valence-corrected chi connectivity index (χ4v) is 2.54. The van der Waals surface area contributed by atoms with Crippen molar-refractivity contribution >= 4 is 28.9 Å². The highest BCUT2D eigenvalue weighted by atomic mass is 35.5. The molecule has 0 radical (unpaired) electrons. The summed E-state index contributed by atoms with van der Waals surface area (Å²) in [7, 11) is 0. The minimum Gasteiger partial charge on any atom is -0.457 e. The van der Waals surface area contributed by atoms with E-state index in [1.165, 1.54) is 0 Å². The van der Waals surface area contributed by atoms with Gasteiger partial charge in [-0.15, -0.1) is 0 Å². The third kappa shape index (κ3) is 5.26. The van der Waals surface area contributed by atoms with Gasteiger partial charge in [-0.2, -0.15) is 0 Å². The fourth-order valence-electron chi connectivity index (χ4n) is 2.36. The summed E-state index contributed by atoms with van der Waals surface area (Å²) in [5.41, 5.74) is 1.55. The van der Waals surface area contributed by atoms with Crippen molar-refractivity contribution in [3.8, 4) is 11.5 Å². The van der Waals surface area contributed by atoms with Gasteiger partial charge in [-0.05, 0) is 48.5 Å². The Morgan fingerprint density at radius 2 is 1.50 bits per heavy atom. The summed E-state index contributed by atoms with van der Waals surface area (Å²) >= 11 is 6.03. The van der Waals surface area contributed by atoms with Crippen LogP contribution < -0.4 is 15.4 Å². The second-order valence-corrected chi connectivity index (χ2v) is 6.05. The van der Waals surface area contributed by atoms with Gasteiger partial charge in [-0.3, -0.25) is 4.79 Å². The molecule has 0 aromatic heterocycles. The standard InChI is InChI=1S/C21H19ClN2O2/c22-19-8-4-5-9-20(19)24-21(25)14-15-23-16-10-12-18(13-11-16)26-17-6-2-1-3-7-17/h1-13,23H,14-15H2,(H,24,25). The zero-order valence-corrected chi connectivity index (χ0v) is 14.9. The topological polar surface area (TPSA) is 50.4 Å². The van der Waals surface area contributed by atoms with Gasteiger partial charge < -0.3 is 15.4 Å². The normalized spacial score (nSPS) is 10.2. The highest BCUT2D eigenvalue weighted by Gasteiger charge is 2.05. The first-order valence-electron chi connectivity index (χ1n) is 8.32. The van der Waals surface area contributed by atoms with Gasteiger partial charge >= 0.3 is 0 Å². The molecular formula is C21H19ClN2O2. The van der Waals surface area contributed by atoms with Crippen LogP contribution in [-0.2, 0) is 4.79 Å². The van der Waals surface area contributed by atoms with E-state index in [-0.39, 0.29) is 5.91 Å². The number of halogens is 1. The lowest BCUT2D eigenvalue weighted by molar-refractivity contribution is -0.115. The van der Waals surface area contributed by atoms with Crippen LogP contribution in [0.1, 0.15) is 6.42 Å². The Morgan fingerprint density at radius 1 is 0.846 bits per heavy atom. The molecule has 0 spiro atoms. The van der Waals surface area contributed by atoms with Gasteiger partial charge in [0.05, 0.1) is 10.7 Å². The van der Waals surface area contributed by atoms with Crippen LogP contribution in [0.2, 0.25) is 5.02 Å². The summed E-state index contributed by atoms with van der Waals surface area (Å²) in [6, 6.07) is 24.4. The molecule has 0 saturated heterocycles. The molecule has 0 saturated carbocycles. The number of anilines is 2. The molecule has 0 aliphatic rings. The van der Waals surface area contributed by atoms with Crippen LogP contribution in [0.5, 0.6) is 11.5 Å². The van der Waals surface area contributed by atoms with E-state index in [1.807, 2.05) is 66.7 Å². The van der Waals surface area contributed by atoms with Crippen molar-refractivity contribution in [2.75, 3.05) is 17.2 Å². The number of carbonyl (C=O) groups is 1. The number of benzene rings is 3. The Morgan fingerprint density at radius 3 is 2.23 bits per heavy atom. The van der Waals surface area contributed by atoms with Gasteiger partial charge in [0.15, 0.2) is 0 Å². The number of para-hydroxylation sites is 2. The maximum atomic E-state index is 12.0. The lowest BCUT2D eigenvalue weighted by atomic mass is 10.2. The highest BCUT2D eigenvalue weighted by Crippen LogP contribution is 2.23. The van der Waals surface area contributed by atoms with E-state index in [9.17, 15) is 4.79 Å². The Balaban J connectivity index is 1.45. The summed E-state index contributed by atoms with van der Waals surface area (Å²) < 4.78 is 5.75. The van der Waals surface area contributed by atoms with Crippen molar-refractivity contribution in [2.45, 2.75) is 6.42 Å². The molecule has 3 rings (SSSR count). The minimum absolute atomic E-state index is 0.0883. The fraction of sp³-hybridized carbons (Fsp3) is 0.0952. The summed E-state index contributed by atoms with van der Waals surface area (Å²) in [5.74, 6) is 1.47. The third-order valence-electron chi connectivity index (χ3n) is 3.66. The second-order valence-electron chi connectivity index (χ2n) is 5.64. The van der Waals surface area contributed by atoms with Crippen LogP contribution in [0.15, 0.2) is 78.9 Å². The van der Waals surface area contributed by atoms with E-state index < -0.39 is 0 Å². The predicted molar refractivity (Wildman–Crippen MR) is 106 cm³/mol. The Kier molecular flexibility index (Phi) is 6.12. The molecule has 0 atom stereocenters. The molecular weight excluding hydrogens is 348 g/mol. The Hall–Kier alpha value is -2.98. The van der Waals surface area contributed by atoms with E-state index in [0.717, 1.165) is 17.2 Å². The highest BCUT2D eigenvalue weighted by molar-refractivity contribution is 6.33. The third-order valence-corrected chi connectivity index (χ3v) is 3.99. The maximum Gasteiger partial charge on any atom is 0.226 e. The molecule has 3 aromatic rings. The van der Waals surface area contributed by atoms with Gasteiger partial charge in [0, 0.05) is 18.7 Å². The van der Waals surface area contributed by atoms with Gasteiger partial charge in [0.1, 0.15) is 11.5 Å². The van der Waals surface area contributed by atoms with Crippen LogP contribution in [0.3, 0.4) is 0 Å². The van der Waals surface area contributed by atoms with Gasteiger partial charge in [0.25, 0.3) is 0 Å². The molecule has 0 heterocycles. The van der Waals surface area contributed by atoms with E-state index in [1.54, 1.807) is 12.1 Å². The van der Waals surface area contributed by atoms with Gasteiger partial charge in [-0.1, -0.05) is 41.9 Å². The number of hydrogen-bond donors (Lipinski definition) is 2. The number of nitrogens with one attached hydrogen (secondary N) is 2. The zero-order valence-electron chi connectivity index (χ0n) is 14.1. The van der Waals surface area contributed by atoms with Gasteiger partial charge in [0.2, 0.25) is 5.91 Å². The Labute approximate surface area is 157 Å². The first-order chi connectivity index (χ1) is 12.7. The lowest BCUT2D eigenvalue weighted by Gasteiger charge is -2.10. The zero-order chi connectivity index (χ0) is 18.2. The van der Waals surface area contributed by atoms with Crippen LogP contribution in [-0.4, -0.2) is 12.5 Å². The predicted octanol–water partition coefficient (Wildman–Crippen LogP) is 5.57. The monoisotopic (exact) mass is 366 g/mol. The molecule has 2 N–H and O–H groups in total. The van der Waals surface area contributed by atoms with Crippen LogP contribution in [0, 0.1) is 0 Å². The van der Waals surface area contributed by atoms with E-state index in [2.05, 4.69) is 10.6 Å². The van der Waals surface area contributed by atoms with Crippen LogP contribution >= 0.6 is 11.6 Å². The molecule has 5 heteroatoms. The molecule has 0 unspecified atom stereocenters. The molecule has 1 amide bonds. The molecule has 132 valence electrons. The minimum atomic E-state index is -0.0883. The molecule has 3 aromatic carbocycles. The molecule has 0 fully saturated rings. The summed E-state index contributed by atoms with van der Waals surface area (Å²) in [5, 5.41) is 6.55. The first-order valence-corrected chi connectivity index (χ1v) is 8.70. The summed E-state index contributed by atoms with van der Waals surface area (Å²) in [6.07, 6.45) is 0.341. The van der Waals surface area contributed by atoms with Crippen molar-refractivity contribution in [1.29, 1.82) is 0 Å². The number of rotatable bonds is 7. The number of amides is 1. The van der Waals surface area contributed by atoms with E-state index in [4.69, 9.17) is 16.3 Å². The number of ether oxygens (including phenoxy) is 1. The maximum absolute atomic E-state index is 12.0. The van der Waals surface area contributed by atoms with Gasteiger partial charge in [-0.25, -0.2) is 0 Å². The lowest BCUT2D eigenvalue weighted by Crippen LogP contribution is -2.16. The summed E-state index contributed by atoms with van der Waals surface area (Å²) in [6.45, 7) is 0.523. The van der Waals surface area contributed by atoms with E-state index in [0.29, 0.717) is 23.7 Å². The Bertz CT molecular complexity index is 851. The number of carbonyl (C=O) groups excluding carboxylic acids is 1. The average Bonchev–Trinajstić information content (AvgIpc) is 2.66. The van der Waals surface area contributed by atoms with Crippen molar-refractivity contribution in [3.05, 3.63) is 83.9 Å². The van der Waals surface area contributed by atoms with Crippen molar-refractivity contribution < 1.29 is 9.53 Å². The van der Waals surface area contributed by atoms with Crippen LogP contribution in [0.4, 0.5) is 11.4 Å². The SMILES string of the molecule is O=C(CCNc1ccc(Oc2ccccc2)cc1)Nc1ccccc1Cl. The molecule has 4 nitrogen and oxygen atoms in total. The number of hydrogen-bond acceptors (Lipinski definition) is 3.